The Hall–Kier alpha value is -1.03. The van der Waals surface area contributed by atoms with Crippen LogP contribution in [-0.2, 0) is 0 Å². The first-order valence-corrected chi connectivity index (χ1v) is 5.48. The van der Waals surface area contributed by atoms with Crippen molar-refractivity contribution in [2.75, 3.05) is 0 Å². The molecule has 3 aromatic rings. The summed E-state index contributed by atoms with van der Waals surface area (Å²) in [7, 11) is 0. The fourth-order valence-electron chi connectivity index (χ4n) is 1.76. The normalized spacial score (nSPS) is 11.2. The summed E-state index contributed by atoms with van der Waals surface area (Å²) in [6.45, 7) is 0. The third kappa shape index (κ3) is 1.07. The molecule has 0 saturated heterocycles. The lowest BCUT2D eigenvalue weighted by molar-refractivity contribution is 0.619. The highest BCUT2D eigenvalue weighted by Gasteiger charge is 2.05. The standard InChI is InChI=1S/C12H7IO/c13-11-7-8-5-6-14-12(8)10-4-2-1-3-9(10)11/h1-7H. The average molecular weight is 294 g/mol. The van der Waals surface area contributed by atoms with E-state index >= 15 is 0 Å². The molecule has 0 fully saturated rings. The molecule has 1 aromatic heterocycles. The molecular formula is C12H7IO. The number of hydrogen-bond acceptors (Lipinski definition) is 1. The first kappa shape index (κ1) is 8.29. The van der Waals surface area contributed by atoms with E-state index in [1.807, 2.05) is 12.1 Å². The van der Waals surface area contributed by atoms with Crippen LogP contribution in [0, 0.1) is 3.57 Å². The van der Waals surface area contributed by atoms with Crippen molar-refractivity contribution in [2.24, 2.45) is 0 Å². The van der Waals surface area contributed by atoms with Crippen molar-refractivity contribution in [2.45, 2.75) is 0 Å². The second-order valence-electron chi connectivity index (χ2n) is 3.24. The topological polar surface area (TPSA) is 13.1 Å². The van der Waals surface area contributed by atoms with Gasteiger partial charge in [0.2, 0.25) is 0 Å². The van der Waals surface area contributed by atoms with Gasteiger partial charge >= 0.3 is 0 Å². The lowest BCUT2D eigenvalue weighted by Crippen LogP contribution is -1.77. The predicted molar refractivity (Wildman–Crippen MR) is 66.4 cm³/mol. The van der Waals surface area contributed by atoms with E-state index in [1.165, 1.54) is 19.7 Å². The van der Waals surface area contributed by atoms with Crippen LogP contribution in [0.1, 0.15) is 0 Å². The van der Waals surface area contributed by atoms with Crippen LogP contribution in [0.4, 0.5) is 0 Å². The molecule has 0 bridgehead atoms. The zero-order valence-electron chi connectivity index (χ0n) is 7.33. The molecule has 0 spiro atoms. The molecule has 0 radical (unpaired) electrons. The third-order valence-electron chi connectivity index (χ3n) is 2.41. The molecule has 2 heteroatoms. The van der Waals surface area contributed by atoms with Crippen molar-refractivity contribution in [3.05, 3.63) is 46.2 Å². The Morgan fingerprint density at radius 3 is 2.64 bits per heavy atom. The summed E-state index contributed by atoms with van der Waals surface area (Å²) in [5.74, 6) is 0. The van der Waals surface area contributed by atoms with Crippen LogP contribution in [0.5, 0.6) is 0 Å². The summed E-state index contributed by atoms with van der Waals surface area (Å²) < 4.78 is 6.75. The van der Waals surface area contributed by atoms with E-state index in [9.17, 15) is 0 Å². The molecule has 2 aromatic carbocycles. The number of furan rings is 1. The fraction of sp³-hybridized carbons (Fsp3) is 0. The van der Waals surface area contributed by atoms with Crippen molar-refractivity contribution in [1.82, 2.24) is 0 Å². The van der Waals surface area contributed by atoms with Gasteiger partial charge in [0.25, 0.3) is 0 Å². The van der Waals surface area contributed by atoms with E-state index in [-0.39, 0.29) is 0 Å². The highest BCUT2D eigenvalue weighted by molar-refractivity contribution is 14.1. The van der Waals surface area contributed by atoms with Crippen molar-refractivity contribution < 1.29 is 4.42 Å². The van der Waals surface area contributed by atoms with Crippen molar-refractivity contribution in [3.63, 3.8) is 0 Å². The van der Waals surface area contributed by atoms with E-state index in [0.717, 1.165) is 5.58 Å². The molecule has 68 valence electrons. The van der Waals surface area contributed by atoms with E-state index < -0.39 is 0 Å². The molecule has 0 amide bonds. The quantitative estimate of drug-likeness (QED) is 0.567. The minimum Gasteiger partial charge on any atom is -0.464 e. The average Bonchev–Trinajstić information content (AvgIpc) is 2.66. The highest BCUT2D eigenvalue weighted by atomic mass is 127. The van der Waals surface area contributed by atoms with Gasteiger partial charge in [-0.1, -0.05) is 24.3 Å². The number of rotatable bonds is 0. The van der Waals surface area contributed by atoms with Gasteiger partial charge in [0.1, 0.15) is 5.58 Å². The third-order valence-corrected chi connectivity index (χ3v) is 3.30. The van der Waals surface area contributed by atoms with Gasteiger partial charge in [0, 0.05) is 14.3 Å². The summed E-state index contributed by atoms with van der Waals surface area (Å²) in [5.41, 5.74) is 0.987. The van der Waals surface area contributed by atoms with Gasteiger partial charge in [-0.25, -0.2) is 0 Å². The Labute approximate surface area is 94.9 Å². The Balaban J connectivity index is 2.67. The van der Waals surface area contributed by atoms with Crippen LogP contribution < -0.4 is 0 Å². The number of halogens is 1. The SMILES string of the molecule is Ic1cc2ccoc2c2ccccc12. The molecule has 14 heavy (non-hydrogen) atoms. The minimum atomic E-state index is 0.987. The number of fused-ring (bicyclic) bond motifs is 3. The summed E-state index contributed by atoms with van der Waals surface area (Å²) in [5, 5.41) is 3.63. The maximum absolute atomic E-state index is 5.48. The van der Waals surface area contributed by atoms with Crippen LogP contribution in [0.3, 0.4) is 0 Å². The first-order chi connectivity index (χ1) is 6.86. The molecule has 0 aliphatic rings. The molecule has 1 nitrogen and oxygen atoms in total. The van der Waals surface area contributed by atoms with E-state index in [2.05, 4.69) is 46.9 Å². The largest absolute Gasteiger partial charge is 0.464 e. The highest BCUT2D eigenvalue weighted by Crippen LogP contribution is 2.29. The Bertz CT molecular complexity index is 610. The zero-order valence-corrected chi connectivity index (χ0v) is 9.49. The van der Waals surface area contributed by atoms with Crippen molar-refractivity contribution in [1.29, 1.82) is 0 Å². The molecule has 0 aliphatic carbocycles. The smallest absolute Gasteiger partial charge is 0.141 e. The van der Waals surface area contributed by atoms with Gasteiger partial charge in [0.05, 0.1) is 6.26 Å². The van der Waals surface area contributed by atoms with Crippen LogP contribution in [0.25, 0.3) is 21.7 Å². The first-order valence-electron chi connectivity index (χ1n) is 4.41. The minimum absolute atomic E-state index is 0.987. The van der Waals surface area contributed by atoms with Gasteiger partial charge in [-0.15, -0.1) is 0 Å². The summed E-state index contributed by atoms with van der Waals surface area (Å²) in [6, 6.07) is 12.5. The molecule has 0 unspecified atom stereocenters. The molecule has 1 heterocycles. The van der Waals surface area contributed by atoms with Crippen LogP contribution in [-0.4, -0.2) is 0 Å². The van der Waals surface area contributed by atoms with E-state index in [0.29, 0.717) is 0 Å². The Morgan fingerprint density at radius 1 is 1.00 bits per heavy atom. The lowest BCUT2D eigenvalue weighted by atomic mass is 10.1. The number of benzene rings is 2. The van der Waals surface area contributed by atoms with Gasteiger partial charge in [0.15, 0.2) is 0 Å². The maximum atomic E-state index is 5.48. The van der Waals surface area contributed by atoms with Crippen molar-refractivity contribution in [3.8, 4) is 0 Å². The van der Waals surface area contributed by atoms with Crippen LogP contribution >= 0.6 is 22.6 Å². The molecule has 0 saturated carbocycles. The molecule has 0 N–H and O–H groups in total. The zero-order chi connectivity index (χ0) is 9.54. The molecule has 0 aliphatic heterocycles. The molecule has 0 atom stereocenters. The summed E-state index contributed by atoms with van der Waals surface area (Å²) in [6.07, 6.45) is 1.74. The van der Waals surface area contributed by atoms with E-state index in [1.54, 1.807) is 6.26 Å². The maximum Gasteiger partial charge on any atom is 0.141 e. The van der Waals surface area contributed by atoms with Gasteiger partial charge in [-0.05, 0) is 40.1 Å². The van der Waals surface area contributed by atoms with Crippen LogP contribution in [0.15, 0.2) is 47.1 Å². The second kappa shape index (κ2) is 2.98. The number of hydrogen-bond donors (Lipinski definition) is 0. The monoisotopic (exact) mass is 294 g/mol. The predicted octanol–water partition coefficient (Wildman–Crippen LogP) is 4.19. The van der Waals surface area contributed by atoms with Gasteiger partial charge < -0.3 is 4.42 Å². The van der Waals surface area contributed by atoms with Gasteiger partial charge in [-0.3, -0.25) is 0 Å². The fourth-order valence-corrected chi connectivity index (χ4v) is 2.56. The second-order valence-corrected chi connectivity index (χ2v) is 4.41. The Kier molecular flexibility index (Phi) is 1.77. The van der Waals surface area contributed by atoms with Crippen molar-refractivity contribution >= 4 is 44.3 Å². The van der Waals surface area contributed by atoms with Crippen LogP contribution in [0.2, 0.25) is 0 Å². The molecular weight excluding hydrogens is 287 g/mol. The van der Waals surface area contributed by atoms with Gasteiger partial charge in [-0.2, -0.15) is 0 Å². The Morgan fingerprint density at radius 2 is 1.79 bits per heavy atom. The summed E-state index contributed by atoms with van der Waals surface area (Å²) in [4.78, 5) is 0. The summed E-state index contributed by atoms with van der Waals surface area (Å²) >= 11 is 2.36. The van der Waals surface area contributed by atoms with E-state index in [4.69, 9.17) is 4.42 Å². The lowest BCUT2D eigenvalue weighted by Gasteiger charge is -2.00. The molecule has 3 rings (SSSR count).